The summed E-state index contributed by atoms with van der Waals surface area (Å²) in [5.74, 6) is 1.77. The average molecular weight is 761 g/mol. The van der Waals surface area contributed by atoms with Crippen molar-refractivity contribution in [1.29, 1.82) is 0 Å². The summed E-state index contributed by atoms with van der Waals surface area (Å²) in [6, 6.07) is 21.6. The first kappa shape index (κ1) is 36.9. The molecule has 7 atom stereocenters. The fourth-order valence-electron chi connectivity index (χ4n) is 12.3. The number of allylic oxidation sites excluding steroid dienone is 20. The van der Waals surface area contributed by atoms with Gasteiger partial charge in [0, 0.05) is 46.5 Å². The topological polar surface area (TPSA) is 3.24 Å². The molecule has 0 spiro atoms. The van der Waals surface area contributed by atoms with E-state index in [1.807, 2.05) is 0 Å². The molecule has 0 fully saturated rings. The van der Waals surface area contributed by atoms with Crippen molar-refractivity contribution in [2.24, 2.45) is 17.8 Å². The largest absolute Gasteiger partial charge is 0.365 e. The lowest BCUT2D eigenvalue weighted by Crippen LogP contribution is -2.47. The third-order valence-electron chi connectivity index (χ3n) is 14.9. The molecule has 2 aromatic rings. The molecule has 2 heteroatoms. The SMILES string of the molecule is [Si]C1=C(C2=CCCC=C2)CCC(N(C2=C(c3ccccc3)C=CC(C3=CCCCC3)C2)C2C=CC(C3(C4=CCCC=C4)c4ccccc4C4C=CC=CC43)CC2)C1. The second kappa shape index (κ2) is 16.1. The van der Waals surface area contributed by atoms with Gasteiger partial charge in [0.25, 0.3) is 0 Å². The fraction of sp³-hybridized carbons (Fsp3) is 0.382. The molecule has 2 aromatic carbocycles. The van der Waals surface area contributed by atoms with Crippen LogP contribution in [0, 0.1) is 17.8 Å². The maximum absolute atomic E-state index is 4.30. The standard InChI is InChI=1S/C55H58NSi/c57-54-38-46(34-36-48(54)41-21-9-3-10-22-41)56(53-37-42(39-17-5-1-6-18-39)29-35-47(53)40-19-7-2-8-20-40)45-32-30-44(31-33-45)55(43-23-11-4-12-24-43)51-27-15-13-25-49(51)50-26-14-16-28-52(50)55/h2,7-9,11,13-17,19-30,32,35,42,44-46,49,51H,1,3-6,10,12,18,31,33-34,36-38H2. The predicted molar refractivity (Wildman–Crippen MR) is 241 cm³/mol. The highest BCUT2D eigenvalue weighted by atomic mass is 28.1. The van der Waals surface area contributed by atoms with Crippen LogP contribution in [-0.4, -0.2) is 27.2 Å². The van der Waals surface area contributed by atoms with Crippen molar-refractivity contribution in [1.82, 2.24) is 4.90 Å². The van der Waals surface area contributed by atoms with Gasteiger partial charge in [0.05, 0.1) is 10.2 Å². The lowest BCUT2D eigenvalue weighted by molar-refractivity contribution is 0.160. The van der Waals surface area contributed by atoms with Crippen LogP contribution in [0.1, 0.15) is 112 Å². The molecule has 3 radical (unpaired) electrons. The first-order chi connectivity index (χ1) is 28.2. The van der Waals surface area contributed by atoms with Crippen LogP contribution >= 0.6 is 0 Å². The van der Waals surface area contributed by atoms with Crippen molar-refractivity contribution in [3.05, 3.63) is 196 Å². The number of nitrogens with zero attached hydrogens (tertiary/aromatic N) is 1. The molecular weight excluding hydrogens is 703 g/mol. The number of rotatable bonds is 8. The van der Waals surface area contributed by atoms with E-state index < -0.39 is 0 Å². The van der Waals surface area contributed by atoms with Crippen LogP contribution in [0.4, 0.5) is 0 Å². The van der Waals surface area contributed by atoms with Gasteiger partial charge >= 0.3 is 0 Å². The minimum absolute atomic E-state index is 0.0567. The van der Waals surface area contributed by atoms with Gasteiger partial charge in [-0.05, 0) is 129 Å². The van der Waals surface area contributed by atoms with Gasteiger partial charge in [-0.15, -0.1) is 0 Å². The molecule has 1 nitrogen and oxygen atoms in total. The van der Waals surface area contributed by atoms with E-state index in [1.165, 1.54) is 78.0 Å². The van der Waals surface area contributed by atoms with Gasteiger partial charge in [0.15, 0.2) is 0 Å². The van der Waals surface area contributed by atoms with E-state index in [9.17, 15) is 0 Å². The first-order valence-corrected chi connectivity index (χ1v) is 22.9. The zero-order valence-corrected chi connectivity index (χ0v) is 34.7. The Morgan fingerprint density at radius 2 is 1.51 bits per heavy atom. The minimum atomic E-state index is -0.0567. The maximum atomic E-state index is 4.30. The quantitative estimate of drug-likeness (QED) is 0.191. The monoisotopic (exact) mass is 760 g/mol. The van der Waals surface area contributed by atoms with E-state index in [1.54, 1.807) is 22.4 Å². The van der Waals surface area contributed by atoms with Crippen LogP contribution in [0.3, 0.4) is 0 Å². The molecule has 10 rings (SSSR count). The number of hydrogen-bond donors (Lipinski definition) is 0. The molecule has 0 aromatic heterocycles. The second-order valence-corrected chi connectivity index (χ2v) is 18.5. The molecule has 0 aliphatic heterocycles. The van der Waals surface area contributed by atoms with Crippen LogP contribution in [0.15, 0.2) is 179 Å². The highest BCUT2D eigenvalue weighted by Gasteiger charge is 2.56. The van der Waals surface area contributed by atoms with Gasteiger partial charge in [-0.2, -0.15) is 0 Å². The summed E-state index contributed by atoms with van der Waals surface area (Å²) in [6.45, 7) is 0. The molecule has 0 saturated heterocycles. The Labute approximate surface area is 345 Å². The smallest absolute Gasteiger partial charge is 0.0655 e. The van der Waals surface area contributed by atoms with Crippen molar-refractivity contribution >= 4 is 15.8 Å². The Balaban J connectivity index is 1.07. The maximum Gasteiger partial charge on any atom is 0.0655 e. The molecular formula is C55H58NSi. The van der Waals surface area contributed by atoms with E-state index >= 15 is 0 Å². The zero-order valence-electron chi connectivity index (χ0n) is 33.7. The van der Waals surface area contributed by atoms with Crippen molar-refractivity contribution in [2.45, 2.75) is 113 Å². The third kappa shape index (κ3) is 6.70. The molecule has 0 heterocycles. The van der Waals surface area contributed by atoms with E-state index in [4.69, 9.17) is 0 Å². The number of hydrogen-bond acceptors (Lipinski definition) is 1. The summed E-state index contributed by atoms with van der Waals surface area (Å²) < 4.78 is 0. The normalized spacial score (nSPS) is 31.8. The van der Waals surface area contributed by atoms with E-state index in [-0.39, 0.29) is 5.41 Å². The predicted octanol–water partition coefficient (Wildman–Crippen LogP) is 13.4. The molecule has 7 unspecified atom stereocenters. The van der Waals surface area contributed by atoms with Gasteiger partial charge in [-0.3, -0.25) is 0 Å². The van der Waals surface area contributed by atoms with E-state index in [2.05, 4.69) is 161 Å². The summed E-state index contributed by atoms with van der Waals surface area (Å²) >= 11 is 0. The molecule has 287 valence electrons. The van der Waals surface area contributed by atoms with Gasteiger partial charge in [0.1, 0.15) is 0 Å². The highest BCUT2D eigenvalue weighted by molar-refractivity contribution is 6.22. The molecule has 0 N–H and O–H groups in total. The van der Waals surface area contributed by atoms with Crippen LogP contribution in [0.2, 0.25) is 0 Å². The molecule has 8 aliphatic rings. The zero-order chi connectivity index (χ0) is 38.2. The van der Waals surface area contributed by atoms with Crippen LogP contribution < -0.4 is 0 Å². The van der Waals surface area contributed by atoms with Crippen molar-refractivity contribution in [2.75, 3.05) is 0 Å². The van der Waals surface area contributed by atoms with Gasteiger partial charge in [0.2, 0.25) is 0 Å². The molecule has 0 bridgehead atoms. The summed E-state index contributed by atoms with van der Waals surface area (Å²) in [5, 5.41) is 1.41. The molecule has 0 amide bonds. The van der Waals surface area contributed by atoms with Gasteiger partial charge < -0.3 is 4.90 Å². The van der Waals surface area contributed by atoms with Crippen LogP contribution in [0.5, 0.6) is 0 Å². The Hall–Kier alpha value is -4.40. The Bertz CT molecular complexity index is 2210. The summed E-state index contributed by atoms with van der Waals surface area (Å²) in [4.78, 5) is 2.98. The Morgan fingerprint density at radius 1 is 0.667 bits per heavy atom. The summed E-state index contributed by atoms with van der Waals surface area (Å²) in [7, 11) is 4.30. The van der Waals surface area contributed by atoms with Crippen molar-refractivity contribution in [3.8, 4) is 0 Å². The summed E-state index contributed by atoms with van der Waals surface area (Å²) in [6.07, 6.45) is 54.1. The minimum Gasteiger partial charge on any atom is -0.365 e. The Kier molecular flexibility index (Phi) is 10.4. The number of fused-ring (bicyclic) bond motifs is 3. The molecule has 8 aliphatic carbocycles. The lowest BCUT2D eigenvalue weighted by Gasteiger charge is -2.49. The molecule has 57 heavy (non-hydrogen) atoms. The molecule has 0 saturated carbocycles. The van der Waals surface area contributed by atoms with Crippen molar-refractivity contribution in [3.63, 3.8) is 0 Å². The van der Waals surface area contributed by atoms with Crippen molar-refractivity contribution < 1.29 is 0 Å². The average Bonchev–Trinajstić information content (AvgIpc) is 3.59. The Morgan fingerprint density at radius 3 is 2.28 bits per heavy atom. The second-order valence-electron chi connectivity index (χ2n) is 17.9. The summed E-state index contributed by atoms with van der Waals surface area (Å²) in [5.41, 5.74) is 13.6. The van der Waals surface area contributed by atoms with Crippen LogP contribution in [0.25, 0.3) is 5.57 Å². The lowest BCUT2D eigenvalue weighted by atomic mass is 9.57. The van der Waals surface area contributed by atoms with Gasteiger partial charge in [-0.25, -0.2) is 0 Å². The third-order valence-corrected chi connectivity index (χ3v) is 15.4. The number of benzene rings is 2. The van der Waals surface area contributed by atoms with E-state index in [0.717, 1.165) is 44.9 Å². The van der Waals surface area contributed by atoms with Crippen LogP contribution in [-0.2, 0) is 5.41 Å². The highest BCUT2D eigenvalue weighted by Crippen LogP contribution is 2.62. The van der Waals surface area contributed by atoms with E-state index in [0.29, 0.717) is 35.8 Å². The fourth-order valence-corrected chi connectivity index (χ4v) is 12.8. The van der Waals surface area contributed by atoms with Gasteiger partial charge in [-0.1, -0.05) is 157 Å². The first-order valence-electron chi connectivity index (χ1n) is 22.4.